The van der Waals surface area contributed by atoms with Crippen LogP contribution in [-0.2, 0) is 11.3 Å². The quantitative estimate of drug-likeness (QED) is 0.0878. The molecule has 10 nitrogen and oxygen atoms in total. The van der Waals surface area contributed by atoms with Crippen LogP contribution < -0.4 is 20.1 Å². The van der Waals surface area contributed by atoms with Crippen molar-refractivity contribution in [3.63, 3.8) is 0 Å². The highest BCUT2D eigenvalue weighted by Crippen LogP contribution is 2.32. The second-order valence-corrected chi connectivity index (χ2v) is 10.1. The summed E-state index contributed by atoms with van der Waals surface area (Å²) in [5.74, 6) is -4.74. The third-order valence-electron chi connectivity index (χ3n) is 6.62. The summed E-state index contributed by atoms with van der Waals surface area (Å²) in [6.07, 6.45) is -0.117. The predicted molar refractivity (Wildman–Crippen MR) is 149 cm³/mol. The molecule has 0 aliphatic heterocycles. The number of hydrogen-bond donors (Lipinski definition) is 3. The molecule has 4 aromatic rings. The Labute approximate surface area is 247 Å². The lowest BCUT2D eigenvalue weighted by Gasteiger charge is -2.12. The van der Waals surface area contributed by atoms with E-state index in [-0.39, 0.29) is 36.8 Å². The highest BCUT2D eigenvalue weighted by molar-refractivity contribution is 6.07. The van der Waals surface area contributed by atoms with E-state index in [2.05, 4.69) is 30.3 Å². The van der Waals surface area contributed by atoms with E-state index in [4.69, 9.17) is 9.47 Å². The largest absolute Gasteiger partial charge is 0.573 e. The summed E-state index contributed by atoms with van der Waals surface area (Å²) in [5.41, 5.74) is 1.15. The minimum absolute atomic E-state index is 0.0525. The fraction of sp³-hybridized carbons (Fsp3) is 0.379. The molecule has 2 heterocycles. The molecule has 1 saturated carbocycles. The average Bonchev–Trinajstić information content (AvgIpc) is 3.79. The number of aromatic nitrogens is 3. The molecule has 44 heavy (non-hydrogen) atoms. The zero-order chi connectivity index (χ0) is 31.3. The molecule has 0 bridgehead atoms. The van der Waals surface area contributed by atoms with E-state index in [1.165, 1.54) is 12.1 Å². The standard InChI is InChI=1S/C29H28F5N5O5/c30-21-11-16(12-22(31)25(21)44-29(32,33)34)14-35-7-1-2-8-42-9-10-43-26-24-20(15-36-28(39-24)37-18-4-5-18)19-6-3-17(27(40)41)13-23(19)38-26/h3,6,11-13,15,18,35H,1-2,4-5,7-10,14H2,(H,40,41)(H,36,37,39). The molecule has 234 valence electrons. The number of rotatable bonds is 15. The van der Waals surface area contributed by atoms with E-state index in [9.17, 15) is 31.9 Å². The van der Waals surface area contributed by atoms with Crippen molar-refractivity contribution in [2.45, 2.75) is 44.6 Å². The lowest BCUT2D eigenvalue weighted by Crippen LogP contribution is -2.20. The van der Waals surface area contributed by atoms with Crippen LogP contribution in [0.2, 0.25) is 0 Å². The predicted octanol–water partition coefficient (Wildman–Crippen LogP) is 5.59. The van der Waals surface area contributed by atoms with Gasteiger partial charge in [0.05, 0.1) is 17.7 Å². The summed E-state index contributed by atoms with van der Waals surface area (Å²) < 4.78 is 79.4. The molecule has 0 saturated heterocycles. The van der Waals surface area contributed by atoms with Gasteiger partial charge in [0.1, 0.15) is 12.1 Å². The minimum Gasteiger partial charge on any atom is -0.478 e. The number of halogens is 5. The van der Waals surface area contributed by atoms with Gasteiger partial charge in [-0.3, -0.25) is 0 Å². The Hall–Kier alpha value is -4.37. The van der Waals surface area contributed by atoms with Crippen molar-refractivity contribution in [1.29, 1.82) is 0 Å². The summed E-state index contributed by atoms with van der Waals surface area (Å²) in [4.78, 5) is 25.0. The molecule has 1 aliphatic rings. The summed E-state index contributed by atoms with van der Waals surface area (Å²) in [6, 6.07) is 6.55. The number of benzene rings is 2. The van der Waals surface area contributed by atoms with E-state index in [1.54, 1.807) is 12.3 Å². The molecule has 0 atom stereocenters. The number of carbonyl (C=O) groups is 1. The van der Waals surface area contributed by atoms with Crippen LogP contribution in [0.1, 0.15) is 41.6 Å². The monoisotopic (exact) mass is 621 g/mol. The van der Waals surface area contributed by atoms with Crippen molar-refractivity contribution < 1.29 is 46.1 Å². The molecule has 1 fully saturated rings. The topological polar surface area (TPSA) is 128 Å². The molecule has 3 N–H and O–H groups in total. The molecule has 0 radical (unpaired) electrons. The van der Waals surface area contributed by atoms with Gasteiger partial charge in [0.25, 0.3) is 0 Å². The first-order valence-corrected chi connectivity index (χ1v) is 13.8. The fourth-order valence-corrected chi connectivity index (χ4v) is 4.38. The number of pyridine rings is 1. The summed E-state index contributed by atoms with van der Waals surface area (Å²) in [7, 11) is 0. The Morgan fingerprint density at radius 2 is 1.77 bits per heavy atom. The van der Waals surface area contributed by atoms with Gasteiger partial charge in [-0.05, 0) is 62.1 Å². The van der Waals surface area contributed by atoms with Crippen LogP contribution in [0.3, 0.4) is 0 Å². The number of hydrogen-bond acceptors (Lipinski definition) is 9. The first kappa shape index (κ1) is 31.1. The summed E-state index contributed by atoms with van der Waals surface area (Å²) in [6.45, 7) is 1.34. The maximum absolute atomic E-state index is 13.8. The van der Waals surface area contributed by atoms with E-state index < -0.39 is 29.7 Å². The Bertz CT molecular complexity index is 1630. The summed E-state index contributed by atoms with van der Waals surface area (Å²) in [5, 5.41) is 17.0. The second kappa shape index (κ2) is 13.5. The maximum atomic E-state index is 13.8. The number of nitrogens with one attached hydrogen (secondary N) is 2. The Kier molecular flexibility index (Phi) is 9.54. The van der Waals surface area contributed by atoms with Crippen molar-refractivity contribution in [2.75, 3.05) is 31.7 Å². The van der Waals surface area contributed by atoms with Crippen LogP contribution >= 0.6 is 0 Å². The Morgan fingerprint density at radius 3 is 2.48 bits per heavy atom. The van der Waals surface area contributed by atoms with Gasteiger partial charge in [0, 0.05) is 36.2 Å². The van der Waals surface area contributed by atoms with E-state index >= 15 is 0 Å². The number of carboxylic acids is 1. The smallest absolute Gasteiger partial charge is 0.478 e. The zero-order valence-electron chi connectivity index (χ0n) is 23.2. The number of aromatic carboxylic acids is 1. The lowest BCUT2D eigenvalue weighted by molar-refractivity contribution is -0.276. The Balaban J connectivity index is 1.08. The lowest BCUT2D eigenvalue weighted by atomic mass is 10.1. The fourth-order valence-electron chi connectivity index (χ4n) is 4.38. The number of nitrogens with zero attached hydrogens (tertiary/aromatic N) is 3. The molecule has 15 heteroatoms. The highest BCUT2D eigenvalue weighted by atomic mass is 19.4. The third-order valence-corrected chi connectivity index (χ3v) is 6.62. The van der Waals surface area contributed by atoms with Crippen LogP contribution in [0.25, 0.3) is 21.8 Å². The van der Waals surface area contributed by atoms with Gasteiger partial charge in [-0.15, -0.1) is 13.2 Å². The van der Waals surface area contributed by atoms with Gasteiger partial charge in [-0.1, -0.05) is 6.07 Å². The molecule has 0 amide bonds. The highest BCUT2D eigenvalue weighted by Gasteiger charge is 2.34. The van der Waals surface area contributed by atoms with Crippen LogP contribution in [0, 0.1) is 11.6 Å². The number of anilines is 1. The number of fused-ring (bicyclic) bond motifs is 3. The van der Waals surface area contributed by atoms with Crippen molar-refractivity contribution in [3.05, 3.63) is 59.3 Å². The number of carboxylic acid groups (broad SMARTS) is 1. The molecule has 2 aromatic heterocycles. The van der Waals surface area contributed by atoms with Gasteiger partial charge < -0.3 is 30.0 Å². The molecule has 5 rings (SSSR count). The summed E-state index contributed by atoms with van der Waals surface area (Å²) >= 11 is 0. The first-order chi connectivity index (χ1) is 21.1. The minimum atomic E-state index is -5.20. The molecular formula is C29H28F5N5O5. The van der Waals surface area contributed by atoms with Gasteiger partial charge in [-0.2, -0.15) is 0 Å². The van der Waals surface area contributed by atoms with Gasteiger partial charge >= 0.3 is 12.3 Å². The SMILES string of the molecule is O=C(O)c1ccc2c(c1)nc(OCCOCCCCNCc1cc(F)c(OC(F)(F)F)c(F)c1)c1nc(NC3CC3)ncc12. The van der Waals surface area contributed by atoms with Crippen molar-refractivity contribution in [3.8, 4) is 11.6 Å². The maximum Gasteiger partial charge on any atom is 0.573 e. The van der Waals surface area contributed by atoms with Crippen LogP contribution in [0.4, 0.5) is 27.9 Å². The molecule has 0 unspecified atom stereocenters. The second-order valence-electron chi connectivity index (χ2n) is 10.1. The van der Waals surface area contributed by atoms with Crippen LogP contribution in [0.15, 0.2) is 36.5 Å². The van der Waals surface area contributed by atoms with E-state index in [0.29, 0.717) is 59.8 Å². The average molecular weight is 622 g/mol. The van der Waals surface area contributed by atoms with E-state index in [1.807, 2.05) is 0 Å². The van der Waals surface area contributed by atoms with Gasteiger partial charge in [0.2, 0.25) is 17.6 Å². The molecule has 2 aromatic carbocycles. The van der Waals surface area contributed by atoms with Crippen molar-refractivity contribution in [1.82, 2.24) is 20.3 Å². The molecule has 1 aliphatic carbocycles. The zero-order valence-corrected chi connectivity index (χ0v) is 23.2. The van der Waals surface area contributed by atoms with Crippen LogP contribution in [0.5, 0.6) is 11.6 Å². The van der Waals surface area contributed by atoms with E-state index in [0.717, 1.165) is 25.0 Å². The normalized spacial score (nSPS) is 13.4. The van der Waals surface area contributed by atoms with Gasteiger partial charge in [-0.25, -0.2) is 28.5 Å². The molecular weight excluding hydrogens is 593 g/mol. The van der Waals surface area contributed by atoms with Gasteiger partial charge in [0.15, 0.2) is 11.6 Å². The van der Waals surface area contributed by atoms with Crippen molar-refractivity contribution in [2.24, 2.45) is 0 Å². The molecule has 0 spiro atoms. The number of unbranched alkanes of at least 4 members (excludes halogenated alkanes) is 1. The number of alkyl halides is 3. The van der Waals surface area contributed by atoms with Crippen molar-refractivity contribution >= 4 is 33.7 Å². The van der Waals surface area contributed by atoms with Crippen LogP contribution in [-0.4, -0.2) is 64.8 Å². The number of ether oxygens (including phenoxy) is 3. The third kappa shape index (κ3) is 8.17. The Morgan fingerprint density at radius 1 is 1.00 bits per heavy atom. The first-order valence-electron chi connectivity index (χ1n) is 13.8.